The van der Waals surface area contributed by atoms with Crippen LogP contribution >= 0.6 is 15.9 Å². The Labute approximate surface area is 123 Å². The van der Waals surface area contributed by atoms with Crippen LogP contribution in [0.5, 0.6) is 0 Å². The standard InChI is InChI=1S/C12H13BrN2O5/c1-7-8(13)3-2-4-9(7)14-12(20)15(5-10(16)17)6-11(18)19/h2-4H,5-6H2,1H3,(H,14,20)(H,16,17)(H,18,19). The van der Waals surface area contributed by atoms with Gasteiger partial charge in [0.15, 0.2) is 0 Å². The first-order valence-electron chi connectivity index (χ1n) is 5.56. The zero-order valence-corrected chi connectivity index (χ0v) is 12.2. The van der Waals surface area contributed by atoms with E-state index < -0.39 is 31.1 Å². The molecule has 1 aromatic rings. The summed E-state index contributed by atoms with van der Waals surface area (Å²) >= 11 is 3.30. The van der Waals surface area contributed by atoms with Crippen molar-refractivity contribution in [1.29, 1.82) is 0 Å². The summed E-state index contributed by atoms with van der Waals surface area (Å²) in [5.41, 5.74) is 1.23. The number of carboxylic acids is 2. The fourth-order valence-corrected chi connectivity index (χ4v) is 1.83. The van der Waals surface area contributed by atoms with Gasteiger partial charge in [0.25, 0.3) is 0 Å². The van der Waals surface area contributed by atoms with E-state index in [1.165, 1.54) is 0 Å². The number of carboxylic acid groups (broad SMARTS) is 2. The average molecular weight is 345 g/mol. The maximum Gasteiger partial charge on any atom is 0.323 e. The van der Waals surface area contributed by atoms with Crippen molar-refractivity contribution in [1.82, 2.24) is 4.90 Å². The predicted molar refractivity (Wildman–Crippen MR) is 74.7 cm³/mol. The summed E-state index contributed by atoms with van der Waals surface area (Å²) in [4.78, 5) is 33.9. The summed E-state index contributed by atoms with van der Waals surface area (Å²) in [5, 5.41) is 19.9. The van der Waals surface area contributed by atoms with Gasteiger partial charge >= 0.3 is 18.0 Å². The van der Waals surface area contributed by atoms with Crippen LogP contribution in [0.15, 0.2) is 22.7 Å². The van der Waals surface area contributed by atoms with Crippen LogP contribution in [0, 0.1) is 6.92 Å². The third kappa shape index (κ3) is 4.54. The second-order valence-electron chi connectivity index (χ2n) is 3.99. The van der Waals surface area contributed by atoms with Gasteiger partial charge in [0.1, 0.15) is 13.1 Å². The Kier molecular flexibility index (Phi) is 5.51. The molecule has 0 atom stereocenters. The minimum atomic E-state index is -1.28. The predicted octanol–water partition coefficient (Wildman–Crippen LogP) is 1.76. The van der Waals surface area contributed by atoms with Crippen LogP contribution in [-0.4, -0.2) is 46.2 Å². The van der Waals surface area contributed by atoms with Gasteiger partial charge in [-0.25, -0.2) is 4.79 Å². The van der Waals surface area contributed by atoms with E-state index in [2.05, 4.69) is 21.2 Å². The van der Waals surface area contributed by atoms with Crippen molar-refractivity contribution < 1.29 is 24.6 Å². The van der Waals surface area contributed by atoms with E-state index in [1.54, 1.807) is 25.1 Å². The number of rotatable bonds is 5. The highest BCUT2D eigenvalue weighted by Gasteiger charge is 2.20. The molecule has 0 radical (unpaired) electrons. The molecule has 0 saturated carbocycles. The Bertz CT molecular complexity index is 531. The monoisotopic (exact) mass is 344 g/mol. The maximum absolute atomic E-state index is 11.9. The van der Waals surface area contributed by atoms with Gasteiger partial charge in [0.05, 0.1) is 0 Å². The van der Waals surface area contributed by atoms with E-state index in [4.69, 9.17) is 10.2 Å². The number of carbonyl (C=O) groups excluding carboxylic acids is 1. The molecule has 0 bridgehead atoms. The number of hydrogen-bond donors (Lipinski definition) is 3. The van der Waals surface area contributed by atoms with Crippen LogP contribution in [0.2, 0.25) is 0 Å². The lowest BCUT2D eigenvalue weighted by atomic mass is 10.2. The number of carbonyl (C=O) groups is 3. The van der Waals surface area contributed by atoms with E-state index in [9.17, 15) is 14.4 Å². The molecule has 0 heterocycles. The Hall–Kier alpha value is -2.09. The minimum Gasteiger partial charge on any atom is -0.480 e. The van der Waals surface area contributed by atoms with Gasteiger partial charge in [0.2, 0.25) is 0 Å². The molecule has 3 N–H and O–H groups in total. The number of benzene rings is 1. The zero-order chi connectivity index (χ0) is 15.3. The molecule has 0 aromatic heterocycles. The van der Waals surface area contributed by atoms with Gasteiger partial charge in [-0.15, -0.1) is 0 Å². The van der Waals surface area contributed by atoms with Crippen molar-refractivity contribution in [3.05, 3.63) is 28.2 Å². The molecule has 1 aromatic carbocycles. The highest BCUT2D eigenvalue weighted by atomic mass is 79.9. The van der Waals surface area contributed by atoms with Crippen LogP contribution in [0.1, 0.15) is 5.56 Å². The Morgan fingerprint density at radius 1 is 1.20 bits per heavy atom. The highest BCUT2D eigenvalue weighted by molar-refractivity contribution is 9.10. The molecule has 108 valence electrons. The summed E-state index contributed by atoms with van der Waals surface area (Å²) in [5.74, 6) is -2.57. The largest absolute Gasteiger partial charge is 0.480 e. The maximum atomic E-state index is 11.9. The topological polar surface area (TPSA) is 107 Å². The van der Waals surface area contributed by atoms with Crippen molar-refractivity contribution in [2.24, 2.45) is 0 Å². The molecule has 2 amide bonds. The molecule has 1 rings (SSSR count). The summed E-state index contributed by atoms with van der Waals surface area (Å²) in [7, 11) is 0. The van der Waals surface area contributed by atoms with Gasteiger partial charge < -0.3 is 20.4 Å². The van der Waals surface area contributed by atoms with Crippen LogP contribution < -0.4 is 5.32 Å². The number of nitrogens with zero attached hydrogens (tertiary/aromatic N) is 1. The third-order valence-electron chi connectivity index (χ3n) is 2.45. The number of hydrogen-bond acceptors (Lipinski definition) is 3. The molecule has 8 heteroatoms. The quantitative estimate of drug-likeness (QED) is 0.754. The van der Waals surface area contributed by atoms with E-state index in [1.807, 2.05) is 0 Å². The first-order chi connectivity index (χ1) is 9.31. The van der Waals surface area contributed by atoms with Crippen LogP contribution in [-0.2, 0) is 9.59 Å². The first kappa shape index (κ1) is 16.0. The summed E-state index contributed by atoms with van der Waals surface area (Å²) in [6, 6.07) is 4.34. The van der Waals surface area contributed by atoms with Crippen molar-refractivity contribution in [3.63, 3.8) is 0 Å². The van der Waals surface area contributed by atoms with Crippen molar-refractivity contribution in [3.8, 4) is 0 Å². The number of amides is 2. The van der Waals surface area contributed by atoms with Crippen LogP contribution in [0.4, 0.5) is 10.5 Å². The fourth-order valence-electron chi connectivity index (χ4n) is 1.46. The van der Waals surface area contributed by atoms with E-state index >= 15 is 0 Å². The molecular formula is C12H13BrN2O5. The van der Waals surface area contributed by atoms with Crippen molar-refractivity contribution >= 4 is 39.6 Å². The van der Waals surface area contributed by atoms with Crippen molar-refractivity contribution in [2.75, 3.05) is 18.4 Å². The SMILES string of the molecule is Cc1c(Br)cccc1NC(=O)N(CC(=O)O)CC(=O)O. The number of halogens is 1. The number of urea groups is 1. The van der Waals surface area contributed by atoms with E-state index in [0.717, 1.165) is 10.0 Å². The molecular weight excluding hydrogens is 332 g/mol. The van der Waals surface area contributed by atoms with Gasteiger partial charge in [0, 0.05) is 10.2 Å². The Morgan fingerprint density at radius 3 is 2.25 bits per heavy atom. The van der Waals surface area contributed by atoms with E-state index in [0.29, 0.717) is 10.6 Å². The molecule has 0 fully saturated rings. The lowest BCUT2D eigenvalue weighted by Crippen LogP contribution is -2.42. The smallest absolute Gasteiger partial charge is 0.323 e. The minimum absolute atomic E-state index is 0.477. The zero-order valence-electron chi connectivity index (χ0n) is 10.6. The lowest BCUT2D eigenvalue weighted by Gasteiger charge is -2.20. The third-order valence-corrected chi connectivity index (χ3v) is 3.31. The average Bonchev–Trinajstić information content (AvgIpc) is 2.33. The van der Waals surface area contributed by atoms with Gasteiger partial charge in [-0.1, -0.05) is 22.0 Å². The molecule has 7 nitrogen and oxygen atoms in total. The normalized spacial score (nSPS) is 9.90. The van der Waals surface area contributed by atoms with Crippen LogP contribution in [0.25, 0.3) is 0 Å². The Morgan fingerprint density at radius 2 is 1.75 bits per heavy atom. The molecule has 0 aliphatic carbocycles. The van der Waals surface area contributed by atoms with Gasteiger partial charge in [-0.3, -0.25) is 9.59 Å². The van der Waals surface area contributed by atoms with Gasteiger partial charge in [-0.2, -0.15) is 0 Å². The van der Waals surface area contributed by atoms with E-state index in [-0.39, 0.29) is 0 Å². The lowest BCUT2D eigenvalue weighted by molar-refractivity contribution is -0.140. The number of nitrogens with one attached hydrogen (secondary N) is 1. The number of aliphatic carboxylic acids is 2. The molecule has 0 unspecified atom stereocenters. The number of anilines is 1. The molecule has 0 aliphatic heterocycles. The second kappa shape index (κ2) is 6.90. The summed E-state index contributed by atoms with van der Waals surface area (Å²) in [6.07, 6.45) is 0. The van der Waals surface area contributed by atoms with Crippen molar-refractivity contribution in [2.45, 2.75) is 6.92 Å². The van der Waals surface area contributed by atoms with Gasteiger partial charge in [-0.05, 0) is 24.6 Å². The summed E-state index contributed by atoms with van der Waals surface area (Å²) < 4.78 is 0.776. The highest BCUT2D eigenvalue weighted by Crippen LogP contribution is 2.23. The fraction of sp³-hybridized carbons (Fsp3) is 0.250. The first-order valence-corrected chi connectivity index (χ1v) is 6.35. The molecule has 0 saturated heterocycles. The molecule has 20 heavy (non-hydrogen) atoms. The van der Waals surface area contributed by atoms with Crippen LogP contribution in [0.3, 0.4) is 0 Å². The summed E-state index contributed by atoms with van der Waals surface area (Å²) in [6.45, 7) is 0.384. The second-order valence-corrected chi connectivity index (χ2v) is 4.84. The molecule has 0 spiro atoms. The Balaban J connectivity index is 2.87. The molecule has 0 aliphatic rings.